The maximum absolute atomic E-state index is 12.6. The van der Waals surface area contributed by atoms with E-state index in [0.717, 1.165) is 5.56 Å². The molecule has 0 radical (unpaired) electrons. The van der Waals surface area contributed by atoms with Gasteiger partial charge >= 0.3 is 0 Å². The summed E-state index contributed by atoms with van der Waals surface area (Å²) in [6.45, 7) is 3.58. The molecule has 1 atom stereocenters. The molecule has 3 aromatic carbocycles. The average molecular weight is 439 g/mol. The number of amides is 2. The van der Waals surface area contributed by atoms with Gasteiger partial charge in [0.05, 0.1) is 12.8 Å². The van der Waals surface area contributed by atoms with E-state index in [9.17, 15) is 9.59 Å². The number of hydrogen-bond acceptors (Lipinski definition) is 4. The summed E-state index contributed by atoms with van der Waals surface area (Å²) in [4.78, 5) is 24.9. The van der Waals surface area contributed by atoms with Crippen molar-refractivity contribution >= 4 is 34.8 Å². The van der Waals surface area contributed by atoms with E-state index in [2.05, 4.69) is 10.6 Å². The summed E-state index contributed by atoms with van der Waals surface area (Å²) in [5.74, 6) is 0.488. The Hall–Kier alpha value is -3.51. The molecule has 0 aliphatic rings. The fourth-order valence-corrected chi connectivity index (χ4v) is 2.96. The van der Waals surface area contributed by atoms with Crippen molar-refractivity contribution in [3.63, 3.8) is 0 Å². The number of benzene rings is 3. The summed E-state index contributed by atoms with van der Waals surface area (Å²) in [5.41, 5.74) is 2.68. The van der Waals surface area contributed by atoms with E-state index in [4.69, 9.17) is 21.1 Å². The van der Waals surface area contributed by atoms with Gasteiger partial charge in [-0.05, 0) is 80.1 Å². The number of methoxy groups -OCH3 is 1. The Labute approximate surface area is 186 Å². The van der Waals surface area contributed by atoms with Crippen molar-refractivity contribution < 1.29 is 19.1 Å². The first-order chi connectivity index (χ1) is 14.9. The predicted molar refractivity (Wildman–Crippen MR) is 122 cm³/mol. The number of anilines is 2. The van der Waals surface area contributed by atoms with Gasteiger partial charge in [0, 0.05) is 16.3 Å². The highest BCUT2D eigenvalue weighted by Crippen LogP contribution is 2.26. The third-order valence-electron chi connectivity index (χ3n) is 4.51. The molecule has 0 spiro atoms. The summed E-state index contributed by atoms with van der Waals surface area (Å²) in [5, 5.41) is 6.20. The molecule has 2 amide bonds. The van der Waals surface area contributed by atoms with Crippen LogP contribution in [-0.2, 0) is 4.79 Å². The Morgan fingerprint density at radius 3 is 2.26 bits per heavy atom. The number of carbonyl (C=O) groups is 2. The summed E-state index contributed by atoms with van der Waals surface area (Å²) in [6, 6.07) is 18.9. The van der Waals surface area contributed by atoms with Crippen LogP contribution in [0.4, 0.5) is 11.4 Å². The van der Waals surface area contributed by atoms with E-state index in [0.29, 0.717) is 33.5 Å². The molecule has 0 aliphatic carbocycles. The van der Waals surface area contributed by atoms with Crippen molar-refractivity contribution in [3.8, 4) is 11.5 Å². The molecular weight excluding hydrogens is 416 g/mol. The Morgan fingerprint density at radius 2 is 1.61 bits per heavy atom. The molecule has 160 valence electrons. The number of ether oxygens (including phenoxy) is 2. The van der Waals surface area contributed by atoms with Crippen LogP contribution in [-0.4, -0.2) is 25.0 Å². The molecule has 0 aromatic heterocycles. The van der Waals surface area contributed by atoms with Crippen molar-refractivity contribution in [2.24, 2.45) is 0 Å². The topological polar surface area (TPSA) is 76.7 Å². The minimum Gasteiger partial charge on any atom is -0.495 e. The smallest absolute Gasteiger partial charge is 0.265 e. The Kier molecular flexibility index (Phi) is 7.15. The molecule has 2 N–H and O–H groups in total. The third-order valence-corrected chi connectivity index (χ3v) is 4.77. The number of aryl methyl sites for hydroxylation is 1. The van der Waals surface area contributed by atoms with E-state index in [1.807, 2.05) is 19.1 Å². The van der Waals surface area contributed by atoms with Gasteiger partial charge in [0.15, 0.2) is 6.10 Å². The monoisotopic (exact) mass is 438 g/mol. The zero-order valence-electron chi connectivity index (χ0n) is 17.4. The van der Waals surface area contributed by atoms with Gasteiger partial charge in [-0.25, -0.2) is 0 Å². The largest absolute Gasteiger partial charge is 0.495 e. The van der Waals surface area contributed by atoms with E-state index >= 15 is 0 Å². The van der Waals surface area contributed by atoms with Crippen LogP contribution in [0.2, 0.25) is 5.02 Å². The van der Waals surface area contributed by atoms with Gasteiger partial charge in [-0.15, -0.1) is 0 Å². The quantitative estimate of drug-likeness (QED) is 0.523. The fraction of sp³-hybridized carbons (Fsp3) is 0.167. The van der Waals surface area contributed by atoms with E-state index in [-0.39, 0.29) is 11.8 Å². The first-order valence-corrected chi connectivity index (χ1v) is 10.0. The summed E-state index contributed by atoms with van der Waals surface area (Å²) in [7, 11) is 1.55. The number of carbonyl (C=O) groups excluding carboxylic acids is 2. The van der Waals surface area contributed by atoms with Crippen LogP contribution in [0, 0.1) is 6.92 Å². The molecular formula is C24H23ClN2O4. The molecule has 3 aromatic rings. The van der Waals surface area contributed by atoms with Gasteiger partial charge in [0.25, 0.3) is 11.8 Å². The number of nitrogens with one attached hydrogen (secondary N) is 2. The lowest BCUT2D eigenvalue weighted by molar-refractivity contribution is -0.122. The van der Waals surface area contributed by atoms with Crippen LogP contribution < -0.4 is 20.1 Å². The number of rotatable bonds is 7. The molecule has 1 unspecified atom stereocenters. The highest BCUT2D eigenvalue weighted by molar-refractivity contribution is 6.30. The lowest BCUT2D eigenvalue weighted by Crippen LogP contribution is -2.30. The zero-order valence-corrected chi connectivity index (χ0v) is 18.2. The van der Waals surface area contributed by atoms with E-state index in [1.54, 1.807) is 68.6 Å². The van der Waals surface area contributed by atoms with Crippen molar-refractivity contribution in [3.05, 3.63) is 82.9 Å². The van der Waals surface area contributed by atoms with Crippen molar-refractivity contribution in [2.45, 2.75) is 20.0 Å². The molecule has 6 nitrogen and oxygen atoms in total. The molecule has 0 aliphatic heterocycles. The van der Waals surface area contributed by atoms with Crippen LogP contribution >= 0.6 is 11.6 Å². The van der Waals surface area contributed by atoms with E-state index < -0.39 is 6.10 Å². The van der Waals surface area contributed by atoms with Gasteiger partial charge in [-0.2, -0.15) is 0 Å². The third kappa shape index (κ3) is 5.99. The fourth-order valence-electron chi connectivity index (χ4n) is 2.83. The Bertz CT molecular complexity index is 1070. The molecule has 0 heterocycles. The number of halogens is 1. The minimum atomic E-state index is -0.730. The molecule has 31 heavy (non-hydrogen) atoms. The van der Waals surface area contributed by atoms with Crippen LogP contribution in [0.5, 0.6) is 11.5 Å². The first-order valence-electron chi connectivity index (χ1n) is 9.65. The van der Waals surface area contributed by atoms with Crippen molar-refractivity contribution in [1.29, 1.82) is 0 Å². The predicted octanol–water partition coefficient (Wildman–Crippen LogP) is 5.32. The Balaban J connectivity index is 1.60. The molecule has 0 saturated heterocycles. The lowest BCUT2D eigenvalue weighted by Gasteiger charge is -2.15. The van der Waals surface area contributed by atoms with Gasteiger partial charge in [-0.1, -0.05) is 17.7 Å². The van der Waals surface area contributed by atoms with Crippen molar-refractivity contribution in [1.82, 2.24) is 0 Å². The second kappa shape index (κ2) is 10.00. The summed E-state index contributed by atoms with van der Waals surface area (Å²) >= 11 is 5.85. The van der Waals surface area contributed by atoms with Gasteiger partial charge in [-0.3, -0.25) is 9.59 Å². The maximum Gasteiger partial charge on any atom is 0.265 e. The minimum absolute atomic E-state index is 0.274. The molecule has 0 saturated carbocycles. The van der Waals surface area contributed by atoms with Gasteiger partial charge in [0.1, 0.15) is 11.5 Å². The SMILES string of the molecule is COc1ccc(C)cc1NC(=O)c1ccc(OC(C)C(=O)Nc2ccc(Cl)cc2)cc1. The van der Waals surface area contributed by atoms with Crippen LogP contribution in [0.25, 0.3) is 0 Å². The van der Waals surface area contributed by atoms with E-state index in [1.165, 1.54) is 0 Å². The first kappa shape index (κ1) is 22.2. The lowest BCUT2D eigenvalue weighted by atomic mass is 10.1. The highest BCUT2D eigenvalue weighted by atomic mass is 35.5. The average Bonchev–Trinajstić information content (AvgIpc) is 2.76. The second-order valence-corrected chi connectivity index (χ2v) is 7.37. The van der Waals surface area contributed by atoms with Crippen LogP contribution in [0.1, 0.15) is 22.8 Å². The van der Waals surface area contributed by atoms with Gasteiger partial charge < -0.3 is 20.1 Å². The molecule has 3 rings (SSSR count). The molecule has 0 fully saturated rings. The standard InChI is InChI=1S/C24H23ClN2O4/c1-15-4-13-22(30-3)21(14-15)27-24(29)17-5-11-20(12-6-17)31-16(2)23(28)26-19-9-7-18(25)8-10-19/h4-14,16H,1-3H3,(H,26,28)(H,27,29). The molecule has 7 heteroatoms. The van der Waals surface area contributed by atoms with Gasteiger partial charge in [0.2, 0.25) is 0 Å². The highest BCUT2D eigenvalue weighted by Gasteiger charge is 2.16. The summed E-state index contributed by atoms with van der Waals surface area (Å²) in [6.07, 6.45) is -0.730. The summed E-state index contributed by atoms with van der Waals surface area (Å²) < 4.78 is 11.0. The van der Waals surface area contributed by atoms with Crippen LogP contribution in [0.15, 0.2) is 66.7 Å². The normalized spacial score (nSPS) is 11.4. The number of hydrogen-bond donors (Lipinski definition) is 2. The second-order valence-electron chi connectivity index (χ2n) is 6.94. The Morgan fingerprint density at radius 1 is 0.935 bits per heavy atom. The van der Waals surface area contributed by atoms with Crippen LogP contribution in [0.3, 0.4) is 0 Å². The van der Waals surface area contributed by atoms with Crippen molar-refractivity contribution in [2.75, 3.05) is 17.7 Å². The molecule has 0 bridgehead atoms. The maximum atomic E-state index is 12.6. The zero-order chi connectivity index (χ0) is 22.4.